The Morgan fingerprint density at radius 2 is 1.85 bits per heavy atom. The number of hydrogen-bond donors (Lipinski definition) is 1. The molecule has 1 aromatic carbocycles. The maximum Gasteiger partial charge on any atom is 0.323 e. The van der Waals surface area contributed by atoms with Crippen molar-refractivity contribution in [3.05, 3.63) is 35.4 Å². The minimum Gasteiger partial charge on any atom is -0.461 e. The summed E-state index contributed by atoms with van der Waals surface area (Å²) < 4.78 is 5.69. The maximum absolute atomic E-state index is 12.3. The van der Waals surface area contributed by atoms with E-state index in [2.05, 4.69) is 24.4 Å². The van der Waals surface area contributed by atoms with Crippen molar-refractivity contribution < 1.29 is 9.53 Å². The molecule has 0 amide bonds. The second-order valence-electron chi connectivity index (χ2n) is 6.23. The van der Waals surface area contributed by atoms with Gasteiger partial charge < -0.3 is 10.1 Å². The first-order valence-electron chi connectivity index (χ1n) is 7.73. The van der Waals surface area contributed by atoms with Crippen LogP contribution in [0.3, 0.4) is 0 Å². The van der Waals surface area contributed by atoms with Crippen LogP contribution in [0.4, 0.5) is 0 Å². The predicted octanol–water partition coefficient (Wildman–Crippen LogP) is 2.82. The number of carbonyl (C=O) groups excluding carboxylic acids is 1. The molecule has 3 rings (SSSR count). The first kappa shape index (κ1) is 13.6. The van der Waals surface area contributed by atoms with Crippen LogP contribution in [0.15, 0.2) is 24.3 Å². The summed E-state index contributed by atoms with van der Waals surface area (Å²) in [6.07, 6.45) is 5.29. The SMILES string of the molecule is CC1CCC(OC(=O)C2Cc3ccccc3CN2)CC1. The van der Waals surface area contributed by atoms with Crippen LogP contribution in [-0.4, -0.2) is 18.1 Å². The quantitative estimate of drug-likeness (QED) is 0.842. The molecule has 3 nitrogen and oxygen atoms in total. The van der Waals surface area contributed by atoms with Gasteiger partial charge in [0.15, 0.2) is 0 Å². The van der Waals surface area contributed by atoms with Gasteiger partial charge in [0.1, 0.15) is 12.1 Å². The summed E-state index contributed by atoms with van der Waals surface area (Å²) in [6, 6.07) is 8.13. The Hall–Kier alpha value is -1.35. The largest absolute Gasteiger partial charge is 0.461 e. The fraction of sp³-hybridized carbons (Fsp3) is 0.588. The van der Waals surface area contributed by atoms with Crippen molar-refractivity contribution in [2.24, 2.45) is 5.92 Å². The maximum atomic E-state index is 12.3. The van der Waals surface area contributed by atoms with Gasteiger partial charge in [-0.05, 0) is 49.1 Å². The van der Waals surface area contributed by atoms with Gasteiger partial charge in [0.2, 0.25) is 0 Å². The molecule has 1 fully saturated rings. The number of carbonyl (C=O) groups is 1. The van der Waals surface area contributed by atoms with Gasteiger partial charge in [-0.25, -0.2) is 0 Å². The van der Waals surface area contributed by atoms with E-state index in [4.69, 9.17) is 4.74 Å². The Bertz CT molecular complexity index is 478. The summed E-state index contributed by atoms with van der Waals surface area (Å²) >= 11 is 0. The molecule has 3 heteroatoms. The van der Waals surface area contributed by atoms with Gasteiger partial charge in [-0.2, -0.15) is 0 Å². The summed E-state index contributed by atoms with van der Waals surface area (Å²) in [5.41, 5.74) is 2.56. The Labute approximate surface area is 120 Å². The lowest BCUT2D eigenvalue weighted by atomic mass is 9.89. The van der Waals surface area contributed by atoms with E-state index in [1.54, 1.807) is 0 Å². The minimum atomic E-state index is -0.177. The number of benzene rings is 1. The molecule has 1 heterocycles. The van der Waals surface area contributed by atoms with Gasteiger partial charge in [0.25, 0.3) is 0 Å². The fourth-order valence-electron chi connectivity index (χ4n) is 3.21. The molecule has 2 aliphatic rings. The second-order valence-corrected chi connectivity index (χ2v) is 6.23. The number of ether oxygens (including phenoxy) is 1. The lowest BCUT2D eigenvalue weighted by Crippen LogP contribution is -2.44. The molecule has 1 aliphatic carbocycles. The molecule has 1 aliphatic heterocycles. The van der Waals surface area contributed by atoms with Crippen molar-refractivity contribution in [1.82, 2.24) is 5.32 Å². The number of fused-ring (bicyclic) bond motifs is 1. The van der Waals surface area contributed by atoms with E-state index in [1.807, 2.05) is 12.1 Å². The second kappa shape index (κ2) is 5.96. The van der Waals surface area contributed by atoms with Crippen LogP contribution in [0, 0.1) is 5.92 Å². The lowest BCUT2D eigenvalue weighted by molar-refractivity contribution is -0.153. The van der Waals surface area contributed by atoms with Crippen molar-refractivity contribution in [2.75, 3.05) is 0 Å². The highest BCUT2D eigenvalue weighted by Crippen LogP contribution is 2.26. The number of rotatable bonds is 2. The van der Waals surface area contributed by atoms with Gasteiger partial charge in [0.05, 0.1) is 0 Å². The molecule has 0 aromatic heterocycles. The van der Waals surface area contributed by atoms with Crippen molar-refractivity contribution in [3.8, 4) is 0 Å². The molecule has 0 spiro atoms. The standard InChI is InChI=1S/C17H23NO2/c1-12-6-8-15(9-7-12)20-17(19)16-10-13-4-2-3-5-14(13)11-18-16/h2-5,12,15-16,18H,6-11H2,1H3. The van der Waals surface area contributed by atoms with Crippen molar-refractivity contribution in [3.63, 3.8) is 0 Å². The zero-order valence-electron chi connectivity index (χ0n) is 12.1. The van der Waals surface area contributed by atoms with E-state index in [0.29, 0.717) is 0 Å². The Morgan fingerprint density at radius 1 is 1.15 bits per heavy atom. The smallest absolute Gasteiger partial charge is 0.323 e. The summed E-state index contributed by atoms with van der Waals surface area (Å²) in [5, 5.41) is 3.30. The zero-order chi connectivity index (χ0) is 13.9. The highest BCUT2D eigenvalue weighted by atomic mass is 16.5. The normalized spacial score (nSPS) is 29.6. The summed E-state index contributed by atoms with van der Waals surface area (Å²) in [4.78, 5) is 12.3. The topological polar surface area (TPSA) is 38.3 Å². The third kappa shape index (κ3) is 3.04. The van der Waals surface area contributed by atoms with Crippen LogP contribution in [0.25, 0.3) is 0 Å². The molecule has 1 aromatic rings. The van der Waals surface area contributed by atoms with Crippen molar-refractivity contribution in [2.45, 2.75) is 57.7 Å². The molecule has 108 valence electrons. The average Bonchev–Trinajstić information content (AvgIpc) is 2.49. The number of nitrogens with one attached hydrogen (secondary N) is 1. The average molecular weight is 273 g/mol. The molecule has 0 radical (unpaired) electrons. The van der Waals surface area contributed by atoms with Crippen LogP contribution < -0.4 is 5.32 Å². The van der Waals surface area contributed by atoms with Gasteiger partial charge in [-0.1, -0.05) is 31.2 Å². The summed E-state index contributed by atoms with van der Waals surface area (Å²) in [5.74, 6) is 0.712. The molecule has 1 saturated carbocycles. The Morgan fingerprint density at radius 3 is 2.60 bits per heavy atom. The van der Waals surface area contributed by atoms with E-state index in [0.717, 1.165) is 31.7 Å². The Balaban J connectivity index is 1.56. The molecule has 1 N–H and O–H groups in total. The highest BCUT2D eigenvalue weighted by Gasteiger charge is 2.28. The van der Waals surface area contributed by atoms with Gasteiger partial charge >= 0.3 is 5.97 Å². The molecule has 1 unspecified atom stereocenters. The molecular formula is C17H23NO2. The summed E-state index contributed by atoms with van der Waals surface area (Å²) in [7, 11) is 0. The third-order valence-electron chi connectivity index (χ3n) is 4.61. The zero-order valence-corrected chi connectivity index (χ0v) is 12.1. The molecule has 0 saturated heterocycles. The monoisotopic (exact) mass is 273 g/mol. The van der Waals surface area contributed by atoms with Gasteiger partial charge in [-0.3, -0.25) is 4.79 Å². The van der Waals surface area contributed by atoms with Gasteiger partial charge in [0, 0.05) is 6.54 Å². The first-order chi connectivity index (χ1) is 9.72. The van der Waals surface area contributed by atoms with E-state index in [9.17, 15) is 4.79 Å². The van der Waals surface area contributed by atoms with Crippen LogP contribution in [0.2, 0.25) is 0 Å². The van der Waals surface area contributed by atoms with Crippen LogP contribution in [0.1, 0.15) is 43.7 Å². The molecule has 1 atom stereocenters. The third-order valence-corrected chi connectivity index (χ3v) is 4.61. The van der Waals surface area contributed by atoms with E-state index in [-0.39, 0.29) is 18.1 Å². The first-order valence-corrected chi connectivity index (χ1v) is 7.73. The van der Waals surface area contributed by atoms with Crippen molar-refractivity contribution >= 4 is 5.97 Å². The number of esters is 1. The predicted molar refractivity (Wildman–Crippen MR) is 78.3 cm³/mol. The van der Waals surface area contributed by atoms with E-state index in [1.165, 1.54) is 24.0 Å². The van der Waals surface area contributed by atoms with Crippen LogP contribution >= 0.6 is 0 Å². The molecule has 0 bridgehead atoms. The molecule has 20 heavy (non-hydrogen) atoms. The van der Waals surface area contributed by atoms with Crippen LogP contribution in [-0.2, 0) is 22.5 Å². The van der Waals surface area contributed by atoms with Crippen molar-refractivity contribution in [1.29, 1.82) is 0 Å². The lowest BCUT2D eigenvalue weighted by Gasteiger charge is -2.29. The number of hydrogen-bond acceptors (Lipinski definition) is 3. The van der Waals surface area contributed by atoms with Gasteiger partial charge in [-0.15, -0.1) is 0 Å². The minimum absolute atomic E-state index is 0.0703. The van der Waals surface area contributed by atoms with E-state index >= 15 is 0 Å². The highest BCUT2D eigenvalue weighted by molar-refractivity contribution is 5.77. The van der Waals surface area contributed by atoms with E-state index < -0.39 is 0 Å². The van der Waals surface area contributed by atoms with Crippen LogP contribution in [0.5, 0.6) is 0 Å². The molecular weight excluding hydrogens is 250 g/mol. The fourth-order valence-corrected chi connectivity index (χ4v) is 3.21. The summed E-state index contributed by atoms with van der Waals surface area (Å²) in [6.45, 7) is 3.04. The Kier molecular flexibility index (Phi) is 4.06.